The van der Waals surface area contributed by atoms with Gasteiger partial charge >= 0.3 is 0 Å². The Kier molecular flexibility index (Phi) is 5.02. The minimum atomic E-state index is 0.0730. The minimum absolute atomic E-state index is 0.0730. The molecule has 1 aromatic heterocycles. The average Bonchev–Trinajstić information content (AvgIpc) is 3.47. The highest BCUT2D eigenvalue weighted by atomic mass is 32.2. The molecule has 5 rings (SSSR count). The number of pyridine rings is 1. The zero-order chi connectivity index (χ0) is 20.0. The summed E-state index contributed by atoms with van der Waals surface area (Å²) in [5, 5.41) is 1.21. The zero-order valence-electron chi connectivity index (χ0n) is 17.6. The molecule has 0 N–H and O–H groups in total. The first-order valence-corrected chi connectivity index (χ1v) is 11.9. The maximum Gasteiger partial charge on any atom is 0.160 e. The number of hydrogen-bond acceptors (Lipinski definition) is 5. The van der Waals surface area contributed by atoms with Gasteiger partial charge in [-0.3, -0.25) is 9.98 Å². The fraction of sp³-hybridized carbons (Fsp3) is 0.500. The lowest BCUT2D eigenvalue weighted by Crippen LogP contribution is -2.35. The minimum Gasteiger partial charge on any atom is -0.371 e. The van der Waals surface area contributed by atoms with Crippen LogP contribution >= 0.6 is 11.8 Å². The summed E-state index contributed by atoms with van der Waals surface area (Å²) in [7, 11) is 0. The van der Waals surface area contributed by atoms with Crippen molar-refractivity contribution < 1.29 is 0 Å². The van der Waals surface area contributed by atoms with Crippen molar-refractivity contribution in [2.45, 2.75) is 58.2 Å². The van der Waals surface area contributed by atoms with Gasteiger partial charge in [0.15, 0.2) is 5.17 Å². The van der Waals surface area contributed by atoms with E-state index in [1.54, 1.807) is 0 Å². The molecule has 0 amide bonds. The van der Waals surface area contributed by atoms with Crippen molar-refractivity contribution >= 4 is 22.6 Å². The summed E-state index contributed by atoms with van der Waals surface area (Å²) in [4.78, 5) is 15.0. The van der Waals surface area contributed by atoms with E-state index in [9.17, 15) is 0 Å². The van der Waals surface area contributed by atoms with E-state index in [0.29, 0.717) is 6.04 Å². The standard InChI is InChI=1S/C24H30N4S/c1-4-18-15-29-24-26-22(20-9-5-6-10-25-20)23(28(18)24)19-13-17(3)21(14-16(19)2)27-11-7-8-12-27/h5-6,9-10,13-14,18,22-23H,4,7-8,11-12,15H2,1-3H3/t18-,22-,23+/m1/s1. The molecule has 3 aliphatic heterocycles. The van der Waals surface area contributed by atoms with Crippen LogP contribution in [-0.2, 0) is 0 Å². The molecule has 4 heterocycles. The summed E-state index contributed by atoms with van der Waals surface area (Å²) in [6.45, 7) is 9.24. The Bertz CT molecular complexity index is 920. The highest BCUT2D eigenvalue weighted by Gasteiger charge is 2.46. The molecule has 152 valence electrons. The van der Waals surface area contributed by atoms with Gasteiger partial charge in [0.25, 0.3) is 0 Å². The van der Waals surface area contributed by atoms with Gasteiger partial charge < -0.3 is 9.80 Å². The van der Waals surface area contributed by atoms with Gasteiger partial charge in [0, 0.05) is 36.8 Å². The summed E-state index contributed by atoms with van der Waals surface area (Å²) < 4.78 is 0. The molecular weight excluding hydrogens is 376 g/mol. The van der Waals surface area contributed by atoms with Crippen LogP contribution in [0.2, 0.25) is 0 Å². The molecule has 1 aromatic carbocycles. The SMILES string of the molecule is CC[C@@H]1CSC2=N[C@H](c3ccccn3)[C@H](c3cc(C)c(N4CCCC4)cc3C)N21. The maximum atomic E-state index is 5.18. The number of aromatic nitrogens is 1. The van der Waals surface area contributed by atoms with Crippen molar-refractivity contribution in [2.75, 3.05) is 23.7 Å². The number of thioether (sulfide) groups is 1. The largest absolute Gasteiger partial charge is 0.371 e. The lowest BCUT2D eigenvalue weighted by Gasteiger charge is -2.33. The molecule has 5 heteroatoms. The van der Waals surface area contributed by atoms with Gasteiger partial charge in [0.05, 0.1) is 11.7 Å². The number of benzene rings is 1. The van der Waals surface area contributed by atoms with Crippen LogP contribution in [0.3, 0.4) is 0 Å². The van der Waals surface area contributed by atoms with E-state index in [1.165, 1.54) is 53.5 Å². The Morgan fingerprint density at radius 2 is 1.93 bits per heavy atom. The molecule has 3 atom stereocenters. The summed E-state index contributed by atoms with van der Waals surface area (Å²) in [5.74, 6) is 1.14. The number of rotatable bonds is 4. The van der Waals surface area contributed by atoms with E-state index in [-0.39, 0.29) is 12.1 Å². The van der Waals surface area contributed by atoms with E-state index < -0.39 is 0 Å². The highest BCUT2D eigenvalue weighted by Crippen LogP contribution is 2.49. The monoisotopic (exact) mass is 406 g/mol. The van der Waals surface area contributed by atoms with Crippen LogP contribution in [0.5, 0.6) is 0 Å². The van der Waals surface area contributed by atoms with Crippen molar-refractivity contribution in [1.82, 2.24) is 9.88 Å². The van der Waals surface area contributed by atoms with Gasteiger partial charge in [-0.15, -0.1) is 0 Å². The van der Waals surface area contributed by atoms with Crippen molar-refractivity contribution in [2.24, 2.45) is 4.99 Å². The smallest absolute Gasteiger partial charge is 0.160 e. The predicted octanol–water partition coefficient (Wildman–Crippen LogP) is 5.28. The van der Waals surface area contributed by atoms with Crippen LogP contribution in [0.15, 0.2) is 41.5 Å². The van der Waals surface area contributed by atoms with Crippen LogP contribution in [0.1, 0.15) is 60.7 Å². The van der Waals surface area contributed by atoms with Crippen LogP contribution in [0.4, 0.5) is 5.69 Å². The zero-order valence-corrected chi connectivity index (χ0v) is 18.5. The number of aryl methyl sites for hydroxylation is 2. The van der Waals surface area contributed by atoms with Gasteiger partial charge in [-0.05, 0) is 68.0 Å². The van der Waals surface area contributed by atoms with Crippen molar-refractivity contribution in [1.29, 1.82) is 0 Å². The molecule has 2 aromatic rings. The van der Waals surface area contributed by atoms with Gasteiger partial charge in [-0.25, -0.2) is 0 Å². The summed E-state index contributed by atoms with van der Waals surface area (Å²) >= 11 is 1.92. The molecule has 2 fully saturated rings. The molecule has 0 saturated carbocycles. The van der Waals surface area contributed by atoms with Crippen molar-refractivity contribution in [3.8, 4) is 0 Å². The molecule has 29 heavy (non-hydrogen) atoms. The third-order valence-electron chi connectivity index (χ3n) is 6.68. The van der Waals surface area contributed by atoms with E-state index in [1.807, 2.05) is 24.0 Å². The van der Waals surface area contributed by atoms with Crippen LogP contribution in [-0.4, -0.2) is 39.9 Å². The number of fused-ring (bicyclic) bond motifs is 1. The first-order chi connectivity index (χ1) is 14.2. The Hall–Kier alpha value is -2.01. The summed E-state index contributed by atoms with van der Waals surface area (Å²) in [6.07, 6.45) is 5.67. The third-order valence-corrected chi connectivity index (χ3v) is 7.81. The number of anilines is 1. The second-order valence-corrected chi connectivity index (χ2v) is 9.51. The topological polar surface area (TPSA) is 31.7 Å². The van der Waals surface area contributed by atoms with Crippen LogP contribution in [0.25, 0.3) is 0 Å². The van der Waals surface area contributed by atoms with E-state index in [4.69, 9.17) is 9.98 Å². The van der Waals surface area contributed by atoms with Crippen molar-refractivity contribution in [3.63, 3.8) is 0 Å². The normalized spacial score (nSPS) is 26.2. The number of nitrogens with zero attached hydrogens (tertiary/aromatic N) is 4. The van der Waals surface area contributed by atoms with E-state index in [2.05, 4.69) is 54.8 Å². The molecule has 0 unspecified atom stereocenters. The van der Waals surface area contributed by atoms with Gasteiger partial charge in [-0.1, -0.05) is 30.8 Å². The second-order valence-electron chi connectivity index (χ2n) is 8.53. The number of amidine groups is 1. The molecule has 4 nitrogen and oxygen atoms in total. The molecule has 0 spiro atoms. The third kappa shape index (κ3) is 3.24. The van der Waals surface area contributed by atoms with E-state index >= 15 is 0 Å². The van der Waals surface area contributed by atoms with Gasteiger partial charge in [0.2, 0.25) is 0 Å². The Morgan fingerprint density at radius 1 is 1.10 bits per heavy atom. The lowest BCUT2D eigenvalue weighted by atomic mass is 9.90. The first-order valence-electron chi connectivity index (χ1n) is 10.9. The average molecular weight is 407 g/mol. The molecular formula is C24H30N4S. The fourth-order valence-corrected chi connectivity index (χ4v) is 6.46. The van der Waals surface area contributed by atoms with Crippen molar-refractivity contribution in [3.05, 3.63) is 58.9 Å². The summed E-state index contributed by atoms with van der Waals surface area (Å²) in [6, 6.07) is 11.9. The Morgan fingerprint density at radius 3 is 2.66 bits per heavy atom. The molecule has 3 aliphatic rings. The predicted molar refractivity (Wildman–Crippen MR) is 123 cm³/mol. The Balaban J connectivity index is 1.59. The molecule has 0 bridgehead atoms. The Labute approximate surface area is 178 Å². The number of hydrogen-bond donors (Lipinski definition) is 0. The second kappa shape index (κ2) is 7.67. The highest BCUT2D eigenvalue weighted by molar-refractivity contribution is 8.14. The fourth-order valence-electron chi connectivity index (χ4n) is 5.13. The number of aliphatic imine (C=N–C) groups is 1. The first kappa shape index (κ1) is 19.0. The molecule has 2 saturated heterocycles. The lowest BCUT2D eigenvalue weighted by molar-refractivity contribution is 0.254. The maximum absolute atomic E-state index is 5.18. The van der Waals surface area contributed by atoms with Crippen LogP contribution < -0.4 is 4.90 Å². The molecule has 0 aliphatic carbocycles. The van der Waals surface area contributed by atoms with Gasteiger partial charge in [0.1, 0.15) is 6.04 Å². The van der Waals surface area contributed by atoms with E-state index in [0.717, 1.165) is 17.9 Å². The van der Waals surface area contributed by atoms with Crippen LogP contribution in [0, 0.1) is 13.8 Å². The van der Waals surface area contributed by atoms with Gasteiger partial charge in [-0.2, -0.15) is 0 Å². The quantitative estimate of drug-likeness (QED) is 0.691. The molecule has 0 radical (unpaired) electrons. The summed E-state index contributed by atoms with van der Waals surface area (Å²) in [5.41, 5.74) is 6.68.